The van der Waals surface area contributed by atoms with Crippen molar-refractivity contribution in [3.63, 3.8) is 0 Å². The fraction of sp³-hybridized carbons (Fsp3) is 0.467. The number of aliphatic hydroxyl groups excluding tert-OH is 3. The molecule has 9 heteroatoms. The summed E-state index contributed by atoms with van der Waals surface area (Å²) in [4.78, 5) is 28.7. The van der Waals surface area contributed by atoms with Crippen molar-refractivity contribution in [2.24, 2.45) is 5.92 Å². The maximum atomic E-state index is 13.7. The van der Waals surface area contributed by atoms with Crippen LogP contribution in [0.4, 0.5) is 0 Å². The van der Waals surface area contributed by atoms with E-state index in [9.17, 15) is 24.9 Å². The summed E-state index contributed by atoms with van der Waals surface area (Å²) < 4.78 is 11.8. The molecule has 9 nitrogen and oxygen atoms in total. The standard InChI is InChI=1S/C30H38N2O7/c1-18(2)9-11-32(25(35)15-19-7-5-4-6-8-19)23-16-22(30(37)31-10-12-33)26-21-13-20(17-34)14-24(38-3)28(21)39-29(26)27(23)36/h4-8,13-14,16,18,23,26-27,29,33-34,36H,9-12,15,17H2,1-3H3,(H,31,37)/t23-,26+,27+,29+/m1/s1. The second kappa shape index (κ2) is 12.6. The zero-order chi connectivity index (χ0) is 28.1. The van der Waals surface area contributed by atoms with Gasteiger partial charge < -0.3 is 35.0 Å². The van der Waals surface area contributed by atoms with Crippen LogP contribution in [-0.2, 0) is 22.6 Å². The maximum absolute atomic E-state index is 13.7. The third kappa shape index (κ3) is 6.11. The van der Waals surface area contributed by atoms with Crippen LogP contribution in [0.5, 0.6) is 11.5 Å². The van der Waals surface area contributed by atoms with Gasteiger partial charge in [0.25, 0.3) is 0 Å². The van der Waals surface area contributed by atoms with Gasteiger partial charge in [-0.25, -0.2) is 0 Å². The number of nitrogens with one attached hydrogen (secondary N) is 1. The van der Waals surface area contributed by atoms with Crippen molar-refractivity contribution in [2.75, 3.05) is 26.8 Å². The van der Waals surface area contributed by atoms with Crippen LogP contribution in [0, 0.1) is 5.92 Å². The lowest BCUT2D eigenvalue weighted by atomic mass is 9.77. The molecule has 0 bridgehead atoms. The van der Waals surface area contributed by atoms with Crippen LogP contribution < -0.4 is 14.8 Å². The van der Waals surface area contributed by atoms with Crippen LogP contribution in [0.15, 0.2) is 54.1 Å². The van der Waals surface area contributed by atoms with Gasteiger partial charge in [-0.15, -0.1) is 0 Å². The molecule has 0 aromatic heterocycles. The first-order valence-electron chi connectivity index (χ1n) is 13.4. The number of hydrogen-bond donors (Lipinski definition) is 4. The smallest absolute Gasteiger partial charge is 0.247 e. The van der Waals surface area contributed by atoms with Crippen molar-refractivity contribution in [1.82, 2.24) is 10.2 Å². The first-order valence-corrected chi connectivity index (χ1v) is 13.4. The van der Waals surface area contributed by atoms with Gasteiger partial charge in [-0.05, 0) is 41.7 Å². The van der Waals surface area contributed by atoms with Gasteiger partial charge in [-0.3, -0.25) is 9.59 Å². The second-order valence-corrected chi connectivity index (χ2v) is 10.4. The number of amides is 2. The third-order valence-corrected chi connectivity index (χ3v) is 7.32. The van der Waals surface area contributed by atoms with Crippen LogP contribution in [0.1, 0.15) is 42.9 Å². The Morgan fingerprint density at radius 1 is 1.13 bits per heavy atom. The van der Waals surface area contributed by atoms with E-state index in [1.165, 1.54) is 7.11 Å². The van der Waals surface area contributed by atoms with E-state index >= 15 is 0 Å². The van der Waals surface area contributed by atoms with Crippen molar-refractivity contribution in [3.05, 3.63) is 70.8 Å². The molecular weight excluding hydrogens is 500 g/mol. The van der Waals surface area contributed by atoms with Gasteiger partial charge in [0, 0.05) is 24.2 Å². The Morgan fingerprint density at radius 3 is 2.51 bits per heavy atom. The zero-order valence-electron chi connectivity index (χ0n) is 22.7. The average Bonchev–Trinajstić information content (AvgIpc) is 3.32. The maximum Gasteiger partial charge on any atom is 0.247 e. The number of carbonyl (C=O) groups excluding carboxylic acids is 2. The Labute approximate surface area is 229 Å². The first kappa shape index (κ1) is 28.6. The monoisotopic (exact) mass is 538 g/mol. The molecule has 4 rings (SSSR count). The molecular formula is C30H38N2O7. The minimum Gasteiger partial charge on any atom is -0.493 e. The number of nitrogens with zero attached hydrogens (tertiary/aromatic N) is 1. The predicted octanol–water partition coefficient (Wildman–Crippen LogP) is 1.93. The Bertz CT molecular complexity index is 1200. The molecule has 2 aliphatic rings. The van der Waals surface area contributed by atoms with E-state index < -0.39 is 30.1 Å². The molecule has 39 heavy (non-hydrogen) atoms. The van der Waals surface area contributed by atoms with E-state index in [1.54, 1.807) is 23.1 Å². The molecule has 0 unspecified atom stereocenters. The number of ether oxygens (including phenoxy) is 2. The zero-order valence-corrected chi connectivity index (χ0v) is 22.7. The molecule has 0 saturated heterocycles. The molecule has 1 aliphatic heterocycles. The predicted molar refractivity (Wildman–Crippen MR) is 145 cm³/mol. The number of carbonyl (C=O) groups is 2. The Balaban J connectivity index is 1.77. The third-order valence-electron chi connectivity index (χ3n) is 7.32. The highest BCUT2D eigenvalue weighted by molar-refractivity contribution is 5.96. The summed E-state index contributed by atoms with van der Waals surface area (Å²) in [5.74, 6) is -0.126. The van der Waals surface area contributed by atoms with Gasteiger partial charge in [-0.2, -0.15) is 0 Å². The van der Waals surface area contributed by atoms with Crippen molar-refractivity contribution >= 4 is 11.8 Å². The van der Waals surface area contributed by atoms with Crippen molar-refractivity contribution in [2.45, 2.75) is 57.5 Å². The van der Waals surface area contributed by atoms with E-state index in [1.807, 2.05) is 30.3 Å². The largest absolute Gasteiger partial charge is 0.493 e. The fourth-order valence-electron chi connectivity index (χ4n) is 5.33. The Kier molecular flexibility index (Phi) is 9.27. The molecule has 0 saturated carbocycles. The van der Waals surface area contributed by atoms with E-state index in [0.29, 0.717) is 47.1 Å². The summed E-state index contributed by atoms with van der Waals surface area (Å²) in [6.45, 7) is 4.12. The minimum absolute atomic E-state index is 0.0541. The lowest BCUT2D eigenvalue weighted by Gasteiger charge is -2.41. The second-order valence-electron chi connectivity index (χ2n) is 10.4. The topological polar surface area (TPSA) is 129 Å². The summed E-state index contributed by atoms with van der Waals surface area (Å²) >= 11 is 0. The lowest BCUT2D eigenvalue weighted by molar-refractivity contribution is -0.136. The van der Waals surface area contributed by atoms with E-state index in [2.05, 4.69) is 19.2 Å². The number of hydrogen-bond acceptors (Lipinski definition) is 7. The van der Waals surface area contributed by atoms with Gasteiger partial charge in [0.1, 0.15) is 12.2 Å². The summed E-state index contributed by atoms with van der Waals surface area (Å²) in [7, 11) is 1.49. The summed E-state index contributed by atoms with van der Waals surface area (Å²) in [5, 5.41) is 33.6. The first-order chi connectivity index (χ1) is 18.8. The molecule has 0 radical (unpaired) electrons. The van der Waals surface area contributed by atoms with Crippen molar-refractivity contribution < 1.29 is 34.4 Å². The molecule has 1 heterocycles. The highest BCUT2D eigenvalue weighted by Crippen LogP contribution is 2.51. The van der Waals surface area contributed by atoms with Gasteiger partial charge >= 0.3 is 0 Å². The highest BCUT2D eigenvalue weighted by atomic mass is 16.5. The van der Waals surface area contributed by atoms with E-state index in [0.717, 1.165) is 5.56 Å². The van der Waals surface area contributed by atoms with Crippen LogP contribution in [-0.4, -0.2) is 77.1 Å². The average molecular weight is 539 g/mol. The fourth-order valence-corrected chi connectivity index (χ4v) is 5.33. The van der Waals surface area contributed by atoms with Gasteiger partial charge in [-0.1, -0.05) is 44.2 Å². The summed E-state index contributed by atoms with van der Waals surface area (Å²) in [6, 6.07) is 12.0. The molecule has 1 aliphatic carbocycles. The van der Waals surface area contributed by atoms with E-state index in [-0.39, 0.29) is 32.1 Å². The molecule has 0 spiro atoms. The normalized spacial score (nSPS) is 21.5. The summed E-state index contributed by atoms with van der Waals surface area (Å²) in [5.41, 5.74) is 2.39. The molecule has 210 valence electrons. The van der Waals surface area contributed by atoms with Gasteiger partial charge in [0.05, 0.1) is 38.7 Å². The van der Waals surface area contributed by atoms with Crippen LogP contribution in [0.25, 0.3) is 0 Å². The number of aliphatic hydroxyl groups is 3. The molecule has 4 atom stereocenters. The van der Waals surface area contributed by atoms with E-state index in [4.69, 9.17) is 9.47 Å². The number of methoxy groups -OCH3 is 1. The molecule has 2 aromatic carbocycles. The Hall–Kier alpha value is -3.40. The van der Waals surface area contributed by atoms with Crippen LogP contribution in [0.3, 0.4) is 0 Å². The summed E-state index contributed by atoms with van der Waals surface area (Å²) in [6.07, 6.45) is 0.542. The number of fused-ring (bicyclic) bond motifs is 3. The number of rotatable bonds is 11. The quantitative estimate of drug-likeness (QED) is 0.344. The van der Waals surface area contributed by atoms with Gasteiger partial charge in [0.2, 0.25) is 11.8 Å². The van der Waals surface area contributed by atoms with Crippen LogP contribution >= 0.6 is 0 Å². The van der Waals surface area contributed by atoms with Gasteiger partial charge in [0.15, 0.2) is 11.5 Å². The van der Waals surface area contributed by atoms with Crippen molar-refractivity contribution in [1.29, 1.82) is 0 Å². The van der Waals surface area contributed by atoms with Crippen LogP contribution in [0.2, 0.25) is 0 Å². The molecule has 4 N–H and O–H groups in total. The SMILES string of the molecule is COc1cc(CO)cc2c1O[C@@H]1[C@@H](O)[C@H](N(CCC(C)C)C(=O)Cc3ccccc3)C=C(C(=O)NCCO)[C@H]21. The van der Waals surface area contributed by atoms with Crippen molar-refractivity contribution in [3.8, 4) is 11.5 Å². The molecule has 2 amide bonds. The Morgan fingerprint density at radius 2 is 1.87 bits per heavy atom. The molecule has 2 aromatic rings. The lowest BCUT2D eigenvalue weighted by Crippen LogP contribution is -2.56. The molecule has 0 fully saturated rings. The number of benzene rings is 2. The minimum atomic E-state index is -1.13. The highest BCUT2D eigenvalue weighted by Gasteiger charge is 2.51.